The van der Waals surface area contributed by atoms with Gasteiger partial charge in [0.1, 0.15) is 24.2 Å². The van der Waals surface area contributed by atoms with Crippen LogP contribution in [0.2, 0.25) is 0 Å². The summed E-state index contributed by atoms with van der Waals surface area (Å²) in [7, 11) is 2.28. The summed E-state index contributed by atoms with van der Waals surface area (Å²) in [6.45, 7) is 3.31. The highest BCUT2D eigenvalue weighted by molar-refractivity contribution is 5.98. The van der Waals surface area contributed by atoms with Gasteiger partial charge in [0.2, 0.25) is 5.91 Å². The quantitative estimate of drug-likeness (QED) is 0.0617. The van der Waals surface area contributed by atoms with E-state index < -0.39 is 54.5 Å². The number of Topliss-reactive ketones (excluding diaryl/α,β-unsaturated/α-hetero) is 1. The van der Waals surface area contributed by atoms with Crippen molar-refractivity contribution >= 4 is 29.7 Å². The van der Waals surface area contributed by atoms with Gasteiger partial charge >= 0.3 is 12.1 Å². The molecule has 0 fully saturated rings. The van der Waals surface area contributed by atoms with Crippen molar-refractivity contribution < 1.29 is 48.8 Å². The monoisotopic (exact) mass is 700 g/mol. The number of amides is 3. The van der Waals surface area contributed by atoms with Crippen molar-refractivity contribution in [3.63, 3.8) is 0 Å². The van der Waals surface area contributed by atoms with Gasteiger partial charge in [-0.15, -0.1) is 5.92 Å². The van der Waals surface area contributed by atoms with E-state index in [1.54, 1.807) is 37.3 Å². The molecule has 0 aliphatic carbocycles. The van der Waals surface area contributed by atoms with Gasteiger partial charge in [0, 0.05) is 39.3 Å². The Bertz CT molecular complexity index is 1300. The lowest BCUT2D eigenvalue weighted by Gasteiger charge is -2.31. The lowest BCUT2D eigenvalue weighted by atomic mass is 9.83. The third-order valence-corrected chi connectivity index (χ3v) is 8.37. The average molecular weight is 701 g/mol. The number of methoxy groups -OCH3 is 1. The van der Waals surface area contributed by atoms with Gasteiger partial charge in [0.05, 0.1) is 13.0 Å². The van der Waals surface area contributed by atoms with Crippen LogP contribution in [-0.4, -0.2) is 88.9 Å². The summed E-state index contributed by atoms with van der Waals surface area (Å²) in [6.07, 6.45) is 11.5. The summed E-state index contributed by atoms with van der Waals surface area (Å²) in [5, 5.41) is 33.2. The Morgan fingerprint density at radius 3 is 2.16 bits per heavy atom. The maximum Gasteiger partial charge on any atom is 0.416 e. The Morgan fingerprint density at radius 2 is 1.60 bits per heavy atom. The third-order valence-electron chi connectivity index (χ3n) is 8.37. The van der Waals surface area contributed by atoms with E-state index in [0.717, 1.165) is 45.6 Å². The van der Waals surface area contributed by atoms with E-state index in [1.165, 1.54) is 26.0 Å². The lowest BCUT2D eigenvalue weighted by molar-refractivity contribution is -0.168. The van der Waals surface area contributed by atoms with Gasteiger partial charge in [-0.25, -0.2) is 14.5 Å². The van der Waals surface area contributed by atoms with Gasteiger partial charge in [-0.3, -0.25) is 14.4 Å². The molecule has 0 heterocycles. The van der Waals surface area contributed by atoms with Crippen LogP contribution < -0.4 is 10.1 Å². The number of imide groups is 1. The number of aliphatic carboxylic acids is 1. The summed E-state index contributed by atoms with van der Waals surface area (Å²) in [5.41, 5.74) is -2.10. The molecule has 0 unspecified atom stereocenters. The van der Waals surface area contributed by atoms with Crippen molar-refractivity contribution in [2.75, 3.05) is 27.4 Å². The average Bonchev–Trinajstić information content (AvgIpc) is 3.10. The summed E-state index contributed by atoms with van der Waals surface area (Å²) in [5.74, 6) is 1.10. The number of hydrogen-bond acceptors (Lipinski definition) is 9. The molecule has 12 heteroatoms. The van der Waals surface area contributed by atoms with E-state index >= 15 is 0 Å². The van der Waals surface area contributed by atoms with Crippen LogP contribution >= 0.6 is 0 Å². The fourth-order valence-corrected chi connectivity index (χ4v) is 5.32. The van der Waals surface area contributed by atoms with E-state index in [4.69, 9.17) is 4.74 Å². The van der Waals surface area contributed by atoms with Crippen LogP contribution in [0.4, 0.5) is 4.79 Å². The minimum absolute atomic E-state index is 0.0930. The molecule has 1 aromatic carbocycles. The van der Waals surface area contributed by atoms with Crippen LogP contribution in [0.1, 0.15) is 103 Å². The number of carbonyl (C=O) groups excluding carboxylic acids is 4. The van der Waals surface area contributed by atoms with E-state index in [9.17, 15) is 39.3 Å². The normalized spacial score (nSPS) is 13.3. The van der Waals surface area contributed by atoms with Crippen LogP contribution in [-0.2, 0) is 30.3 Å². The van der Waals surface area contributed by atoms with Crippen molar-refractivity contribution in [1.82, 2.24) is 10.2 Å². The number of rotatable bonds is 25. The molecule has 0 radical (unpaired) electrons. The number of likely N-dealkylation sites (N-methyl/N-ethyl adjacent to an activating group) is 1. The molecule has 278 valence electrons. The van der Waals surface area contributed by atoms with Crippen molar-refractivity contribution in [2.45, 2.75) is 115 Å². The summed E-state index contributed by atoms with van der Waals surface area (Å²) in [4.78, 5) is 64.3. The number of carbonyl (C=O) groups is 5. The summed E-state index contributed by atoms with van der Waals surface area (Å²) in [6, 6.07) is 5.29. The second-order valence-electron chi connectivity index (χ2n) is 12.3. The van der Waals surface area contributed by atoms with Gasteiger partial charge in [0.15, 0.2) is 5.60 Å². The molecule has 0 spiro atoms. The molecule has 12 nitrogen and oxygen atoms in total. The number of carboxylic acids is 1. The topological polar surface area (TPSA) is 180 Å². The van der Waals surface area contributed by atoms with Gasteiger partial charge in [0.25, 0.3) is 5.91 Å². The van der Waals surface area contributed by atoms with Gasteiger partial charge in [-0.2, -0.15) is 0 Å². The zero-order valence-corrected chi connectivity index (χ0v) is 30.1. The largest absolute Gasteiger partial charge is 0.481 e. The Morgan fingerprint density at radius 1 is 0.980 bits per heavy atom. The molecule has 50 heavy (non-hydrogen) atoms. The molecule has 0 bridgehead atoms. The van der Waals surface area contributed by atoms with E-state index in [0.29, 0.717) is 41.9 Å². The summed E-state index contributed by atoms with van der Waals surface area (Å²) < 4.78 is 10.2. The predicted molar refractivity (Wildman–Crippen MR) is 189 cm³/mol. The number of nitrogens with zero attached hydrogens (tertiary/aromatic N) is 1. The second kappa shape index (κ2) is 24.8. The van der Waals surface area contributed by atoms with Crippen LogP contribution in [0.5, 0.6) is 5.75 Å². The van der Waals surface area contributed by atoms with Crippen molar-refractivity contribution in [3.8, 4) is 17.6 Å². The van der Waals surface area contributed by atoms with Crippen molar-refractivity contribution in [1.29, 1.82) is 0 Å². The maximum atomic E-state index is 13.7. The highest BCUT2D eigenvalue weighted by Crippen LogP contribution is 2.26. The molecular formula is C38H56N2O10. The first kappa shape index (κ1) is 43.8. The fourth-order valence-electron chi connectivity index (χ4n) is 5.32. The van der Waals surface area contributed by atoms with Crippen LogP contribution in [0.25, 0.3) is 0 Å². The zero-order valence-electron chi connectivity index (χ0n) is 30.1. The smallest absolute Gasteiger partial charge is 0.416 e. The first-order chi connectivity index (χ1) is 23.9. The number of aliphatic hydroxyl groups excluding tert-OH is 1. The standard InChI is InChI=1S/C38H56N2O10/c1-5-7-9-12-15-18-30(42)19-16-13-10-11-14-17-20-32(38(48,25-26-41)36(45)46)34(43)39-33(35(44)40(3)37(47)49-4)28-29-21-23-31(24-22-29)50-27-8-6-2/h17,20-24,32-33,41,48H,5,7,9-16,18-19,25-28H2,1-4H3,(H,39,43)(H,45,46)/b20-17+/t32-,33+,38+/m1/s1. The SMILES string of the molecule is CC#CCOc1ccc(C[C@H](NC(=O)[C@@H](/C=C/CCCCCCC(=O)CCCCCCC)[C@@](O)(CCO)C(=O)O)C(=O)N(C)C(=O)OC)cc1. The number of aliphatic hydroxyl groups is 2. The molecule has 4 N–H and O–H groups in total. The minimum Gasteiger partial charge on any atom is -0.481 e. The number of allylic oxidation sites excluding steroid dienone is 1. The second-order valence-corrected chi connectivity index (χ2v) is 12.3. The molecule has 3 atom stereocenters. The molecule has 1 aromatic rings. The van der Waals surface area contributed by atoms with E-state index in [1.807, 2.05) is 0 Å². The number of benzene rings is 1. The molecule has 0 aliphatic heterocycles. The number of unbranched alkanes of at least 4 members (excludes halogenated alkanes) is 8. The molecule has 3 amide bonds. The Labute approximate surface area is 296 Å². The first-order valence-corrected chi connectivity index (χ1v) is 17.5. The Hall–Kier alpha value is -4.21. The molecule has 0 aromatic heterocycles. The first-order valence-electron chi connectivity index (χ1n) is 17.5. The van der Waals surface area contributed by atoms with E-state index in [2.05, 4.69) is 28.8 Å². The zero-order chi connectivity index (χ0) is 37.4. The fraction of sp³-hybridized carbons (Fsp3) is 0.605. The van der Waals surface area contributed by atoms with Crippen LogP contribution in [0, 0.1) is 17.8 Å². The lowest BCUT2D eigenvalue weighted by Crippen LogP contribution is -2.56. The van der Waals surface area contributed by atoms with Crippen molar-refractivity contribution in [3.05, 3.63) is 42.0 Å². The molecule has 0 aliphatic rings. The highest BCUT2D eigenvalue weighted by atomic mass is 16.5. The van der Waals surface area contributed by atoms with Gasteiger partial charge in [-0.1, -0.05) is 75.7 Å². The molecular weight excluding hydrogens is 644 g/mol. The number of carboxylic acid groups (broad SMARTS) is 1. The van der Waals surface area contributed by atoms with E-state index in [-0.39, 0.29) is 18.8 Å². The van der Waals surface area contributed by atoms with Gasteiger partial charge in [-0.05, 0) is 50.3 Å². The maximum absolute atomic E-state index is 13.7. The third kappa shape index (κ3) is 16.0. The molecule has 1 rings (SSSR count). The Kier molecular flexibility index (Phi) is 21.8. The minimum atomic E-state index is -2.69. The van der Waals surface area contributed by atoms with Crippen molar-refractivity contribution in [2.24, 2.45) is 5.92 Å². The Balaban J connectivity index is 3.03. The highest BCUT2D eigenvalue weighted by Gasteiger charge is 2.47. The van der Waals surface area contributed by atoms with Gasteiger partial charge < -0.3 is 30.1 Å². The molecule has 0 saturated carbocycles. The number of ketones is 1. The summed E-state index contributed by atoms with van der Waals surface area (Å²) >= 11 is 0. The van der Waals surface area contributed by atoms with Crippen LogP contribution in [0.15, 0.2) is 36.4 Å². The number of ether oxygens (including phenoxy) is 2. The van der Waals surface area contributed by atoms with Crippen LogP contribution in [0.3, 0.4) is 0 Å². The number of nitrogens with one attached hydrogen (secondary N) is 1. The molecule has 0 saturated heterocycles. The number of hydrogen-bond donors (Lipinski definition) is 4. The predicted octanol–water partition coefficient (Wildman–Crippen LogP) is 4.98.